The summed E-state index contributed by atoms with van der Waals surface area (Å²) in [5, 5.41) is 3.07. The Labute approximate surface area is 155 Å². The normalized spacial score (nSPS) is 17.2. The van der Waals surface area contributed by atoms with Gasteiger partial charge in [0.05, 0.1) is 5.92 Å². The Morgan fingerprint density at radius 3 is 2.85 bits per heavy atom. The largest absolute Gasteiger partial charge is 0.356 e. The highest BCUT2D eigenvalue weighted by molar-refractivity contribution is 5.79. The number of aromatic nitrogens is 2. The van der Waals surface area contributed by atoms with Gasteiger partial charge in [0.1, 0.15) is 5.82 Å². The molecule has 1 N–H and O–H groups in total. The minimum Gasteiger partial charge on any atom is -0.356 e. The van der Waals surface area contributed by atoms with E-state index in [4.69, 9.17) is 4.98 Å². The van der Waals surface area contributed by atoms with Gasteiger partial charge in [-0.1, -0.05) is 43.2 Å². The number of aryl methyl sites for hydroxylation is 1. The smallest absolute Gasteiger partial charge is 0.224 e. The molecule has 1 aliphatic rings. The number of benzene rings is 1. The Morgan fingerprint density at radius 2 is 2.08 bits per heavy atom. The Bertz CT molecular complexity index is 729. The third-order valence-corrected chi connectivity index (χ3v) is 4.90. The Morgan fingerprint density at radius 1 is 1.27 bits per heavy atom. The predicted octanol–water partition coefficient (Wildman–Crippen LogP) is 3.58. The second-order valence-electron chi connectivity index (χ2n) is 7.03. The van der Waals surface area contributed by atoms with Crippen LogP contribution in [-0.2, 0) is 4.79 Å². The summed E-state index contributed by atoms with van der Waals surface area (Å²) < 4.78 is 0. The van der Waals surface area contributed by atoms with Gasteiger partial charge in [-0.3, -0.25) is 4.79 Å². The number of amides is 1. The van der Waals surface area contributed by atoms with E-state index in [1.165, 1.54) is 5.56 Å². The van der Waals surface area contributed by atoms with Gasteiger partial charge < -0.3 is 10.2 Å². The monoisotopic (exact) mass is 352 g/mol. The summed E-state index contributed by atoms with van der Waals surface area (Å²) in [5.74, 6) is 1.85. The number of nitrogens with zero attached hydrogens (tertiary/aromatic N) is 3. The zero-order valence-corrected chi connectivity index (χ0v) is 15.7. The summed E-state index contributed by atoms with van der Waals surface area (Å²) in [6.45, 7) is 6.64. The van der Waals surface area contributed by atoms with Crippen LogP contribution in [0.15, 0.2) is 36.5 Å². The predicted molar refractivity (Wildman–Crippen MR) is 105 cm³/mol. The molecule has 26 heavy (non-hydrogen) atoms. The molecule has 3 rings (SSSR count). The van der Waals surface area contributed by atoms with E-state index >= 15 is 0 Å². The number of hydrogen-bond donors (Lipinski definition) is 1. The van der Waals surface area contributed by atoms with E-state index < -0.39 is 0 Å². The zero-order chi connectivity index (χ0) is 18.4. The van der Waals surface area contributed by atoms with Gasteiger partial charge in [-0.25, -0.2) is 9.97 Å². The van der Waals surface area contributed by atoms with Gasteiger partial charge in [0.15, 0.2) is 5.82 Å². The maximum Gasteiger partial charge on any atom is 0.224 e. The van der Waals surface area contributed by atoms with Crippen molar-refractivity contribution in [2.75, 3.05) is 24.5 Å². The molecule has 1 amide bonds. The van der Waals surface area contributed by atoms with Crippen LogP contribution in [0.3, 0.4) is 0 Å². The summed E-state index contributed by atoms with van der Waals surface area (Å²) in [7, 11) is 0. The molecule has 0 bridgehead atoms. The van der Waals surface area contributed by atoms with Crippen molar-refractivity contribution in [3.8, 4) is 11.4 Å². The van der Waals surface area contributed by atoms with Crippen LogP contribution in [0.5, 0.6) is 0 Å². The summed E-state index contributed by atoms with van der Waals surface area (Å²) in [6.07, 6.45) is 5.90. The third kappa shape index (κ3) is 4.59. The van der Waals surface area contributed by atoms with Crippen molar-refractivity contribution >= 4 is 11.7 Å². The first-order valence-corrected chi connectivity index (χ1v) is 9.60. The fourth-order valence-corrected chi connectivity index (χ4v) is 3.30. The van der Waals surface area contributed by atoms with Crippen LogP contribution in [0.25, 0.3) is 11.4 Å². The van der Waals surface area contributed by atoms with Crippen LogP contribution in [0.1, 0.15) is 38.2 Å². The lowest BCUT2D eigenvalue weighted by molar-refractivity contribution is -0.125. The van der Waals surface area contributed by atoms with E-state index in [-0.39, 0.29) is 11.8 Å². The molecule has 5 heteroatoms. The highest BCUT2D eigenvalue weighted by Crippen LogP contribution is 2.24. The molecule has 1 aliphatic heterocycles. The minimum atomic E-state index is 0.0402. The second-order valence-corrected chi connectivity index (χ2v) is 7.03. The number of unbranched alkanes of at least 4 members (excludes halogenated alkanes) is 1. The van der Waals surface area contributed by atoms with Crippen LogP contribution in [-0.4, -0.2) is 35.5 Å². The highest BCUT2D eigenvalue weighted by Gasteiger charge is 2.26. The molecule has 1 atom stereocenters. The zero-order valence-electron chi connectivity index (χ0n) is 15.7. The van der Waals surface area contributed by atoms with Gasteiger partial charge in [-0.15, -0.1) is 0 Å². The molecular weight excluding hydrogens is 324 g/mol. The lowest BCUT2D eigenvalue weighted by Crippen LogP contribution is -2.43. The van der Waals surface area contributed by atoms with Crippen molar-refractivity contribution in [1.82, 2.24) is 15.3 Å². The van der Waals surface area contributed by atoms with Crippen molar-refractivity contribution in [3.63, 3.8) is 0 Å². The molecule has 1 saturated heterocycles. The van der Waals surface area contributed by atoms with Gasteiger partial charge in [0, 0.05) is 31.4 Å². The number of piperidine rings is 1. The first-order valence-electron chi connectivity index (χ1n) is 9.60. The average Bonchev–Trinajstić information content (AvgIpc) is 2.69. The number of anilines is 1. The molecule has 2 heterocycles. The van der Waals surface area contributed by atoms with Crippen molar-refractivity contribution in [3.05, 3.63) is 42.1 Å². The standard InChI is InChI=1S/C21H28N4O/c1-3-4-12-23-21(26)18-6-5-14-25(15-18)19-11-13-22-20(24-19)17-9-7-16(2)8-10-17/h7-11,13,18H,3-6,12,14-15H2,1-2H3,(H,23,26). The summed E-state index contributed by atoms with van der Waals surface area (Å²) in [4.78, 5) is 23.8. The van der Waals surface area contributed by atoms with Crippen molar-refractivity contribution in [1.29, 1.82) is 0 Å². The fraction of sp³-hybridized carbons (Fsp3) is 0.476. The van der Waals surface area contributed by atoms with Crippen LogP contribution in [0.4, 0.5) is 5.82 Å². The lowest BCUT2D eigenvalue weighted by Gasteiger charge is -2.33. The molecule has 5 nitrogen and oxygen atoms in total. The molecule has 138 valence electrons. The van der Waals surface area contributed by atoms with Crippen molar-refractivity contribution < 1.29 is 4.79 Å². The summed E-state index contributed by atoms with van der Waals surface area (Å²) in [5.41, 5.74) is 2.24. The van der Waals surface area contributed by atoms with E-state index in [1.54, 1.807) is 0 Å². The maximum atomic E-state index is 12.4. The van der Waals surface area contributed by atoms with E-state index in [0.29, 0.717) is 0 Å². The molecule has 1 aromatic heterocycles. The van der Waals surface area contributed by atoms with Crippen LogP contribution in [0, 0.1) is 12.8 Å². The molecule has 0 radical (unpaired) electrons. The molecular formula is C21H28N4O. The Hall–Kier alpha value is -2.43. The molecule has 1 aromatic carbocycles. The lowest BCUT2D eigenvalue weighted by atomic mass is 9.97. The molecule has 0 spiro atoms. The molecule has 1 fully saturated rings. The van der Waals surface area contributed by atoms with Crippen LogP contribution >= 0.6 is 0 Å². The highest BCUT2D eigenvalue weighted by atomic mass is 16.1. The molecule has 2 aromatic rings. The van der Waals surface area contributed by atoms with E-state index in [0.717, 1.165) is 62.5 Å². The van der Waals surface area contributed by atoms with Crippen molar-refractivity contribution in [2.45, 2.75) is 39.5 Å². The molecule has 0 aliphatic carbocycles. The number of nitrogens with one attached hydrogen (secondary N) is 1. The SMILES string of the molecule is CCCCNC(=O)C1CCCN(c2ccnc(-c3ccc(C)cc3)n2)C1. The third-order valence-electron chi connectivity index (χ3n) is 4.90. The summed E-state index contributed by atoms with van der Waals surface area (Å²) in [6, 6.07) is 10.2. The van der Waals surface area contributed by atoms with Crippen molar-refractivity contribution in [2.24, 2.45) is 5.92 Å². The van der Waals surface area contributed by atoms with Gasteiger partial charge in [-0.2, -0.15) is 0 Å². The Kier molecular flexibility index (Phi) is 6.21. The minimum absolute atomic E-state index is 0.0402. The van der Waals surface area contributed by atoms with Gasteiger partial charge in [0.25, 0.3) is 0 Å². The first-order chi connectivity index (χ1) is 12.7. The number of carbonyl (C=O) groups is 1. The second kappa shape index (κ2) is 8.79. The molecule has 1 unspecified atom stereocenters. The maximum absolute atomic E-state index is 12.4. The van der Waals surface area contributed by atoms with Gasteiger partial charge in [-0.05, 0) is 32.3 Å². The molecule has 0 saturated carbocycles. The van der Waals surface area contributed by atoms with E-state index in [2.05, 4.69) is 53.3 Å². The first kappa shape index (κ1) is 18.4. The number of hydrogen-bond acceptors (Lipinski definition) is 4. The van der Waals surface area contributed by atoms with Gasteiger partial charge in [0.2, 0.25) is 5.91 Å². The fourth-order valence-electron chi connectivity index (χ4n) is 3.30. The Balaban J connectivity index is 1.69. The van der Waals surface area contributed by atoms with Gasteiger partial charge >= 0.3 is 0 Å². The summed E-state index contributed by atoms with van der Waals surface area (Å²) >= 11 is 0. The number of carbonyl (C=O) groups excluding carboxylic acids is 1. The quantitative estimate of drug-likeness (QED) is 0.807. The number of rotatable bonds is 6. The van der Waals surface area contributed by atoms with Crippen LogP contribution in [0.2, 0.25) is 0 Å². The van der Waals surface area contributed by atoms with E-state index in [9.17, 15) is 4.79 Å². The van der Waals surface area contributed by atoms with Crippen LogP contribution < -0.4 is 10.2 Å². The van der Waals surface area contributed by atoms with E-state index in [1.807, 2.05) is 12.3 Å². The topological polar surface area (TPSA) is 58.1 Å². The average molecular weight is 352 g/mol.